The number of unbranched alkanes of at least 4 members (excludes halogenated alkanes) is 3. The van der Waals surface area contributed by atoms with Crippen LogP contribution in [-0.4, -0.2) is 16.5 Å². The van der Waals surface area contributed by atoms with Gasteiger partial charge < -0.3 is 4.42 Å². The van der Waals surface area contributed by atoms with Crippen molar-refractivity contribution in [3.63, 3.8) is 0 Å². The zero-order valence-corrected chi connectivity index (χ0v) is 16.1. The first-order chi connectivity index (χ1) is 12.7. The van der Waals surface area contributed by atoms with Crippen molar-refractivity contribution in [2.24, 2.45) is 0 Å². The van der Waals surface area contributed by atoms with Gasteiger partial charge in [0.15, 0.2) is 5.58 Å². The molecule has 0 fully saturated rings. The lowest BCUT2D eigenvalue weighted by molar-refractivity contribution is -0.116. The number of hydrogen-bond acceptors (Lipinski definition) is 4. The minimum atomic E-state index is 0.274. The predicted octanol–water partition coefficient (Wildman–Crippen LogP) is 5.99. The van der Waals surface area contributed by atoms with E-state index in [9.17, 15) is 4.79 Å². The number of fused-ring (bicyclic) bond motifs is 1. The van der Waals surface area contributed by atoms with Crippen LogP contribution >= 0.6 is 11.8 Å². The number of thioether (sulfide) groups is 1. The Kier molecular flexibility index (Phi) is 6.89. The second-order valence-electron chi connectivity index (χ2n) is 6.62. The maximum atomic E-state index is 12.0. The van der Waals surface area contributed by atoms with Crippen LogP contribution < -0.4 is 0 Å². The van der Waals surface area contributed by atoms with Crippen molar-refractivity contribution in [3.8, 4) is 0 Å². The quantitative estimate of drug-likeness (QED) is 0.326. The molecule has 3 nitrogen and oxygen atoms in total. The van der Waals surface area contributed by atoms with Gasteiger partial charge in [0.2, 0.25) is 0 Å². The van der Waals surface area contributed by atoms with E-state index in [0.29, 0.717) is 17.4 Å². The highest BCUT2D eigenvalue weighted by Gasteiger charge is 2.09. The number of rotatable bonds is 10. The summed E-state index contributed by atoms with van der Waals surface area (Å²) in [7, 11) is 0. The van der Waals surface area contributed by atoms with Crippen LogP contribution in [0, 0.1) is 6.92 Å². The number of carbonyl (C=O) groups is 1. The number of benzene rings is 2. The van der Waals surface area contributed by atoms with Crippen LogP contribution in [-0.2, 0) is 11.2 Å². The van der Waals surface area contributed by atoms with E-state index in [1.165, 1.54) is 35.7 Å². The van der Waals surface area contributed by atoms with Crippen LogP contribution in [0.15, 0.2) is 58.2 Å². The van der Waals surface area contributed by atoms with Crippen molar-refractivity contribution >= 4 is 28.6 Å². The number of hydrogen-bond donors (Lipinski definition) is 0. The third-order valence-electron chi connectivity index (χ3n) is 4.54. The first-order valence-electron chi connectivity index (χ1n) is 9.27. The first-order valence-corrected chi connectivity index (χ1v) is 10.3. The van der Waals surface area contributed by atoms with Gasteiger partial charge in [0.25, 0.3) is 5.22 Å². The summed E-state index contributed by atoms with van der Waals surface area (Å²) in [4.78, 5) is 16.4. The summed E-state index contributed by atoms with van der Waals surface area (Å²) >= 11 is 1.39. The first kappa shape index (κ1) is 18.7. The fourth-order valence-electron chi connectivity index (χ4n) is 3.01. The lowest BCUT2D eigenvalue weighted by Gasteiger charge is -2.05. The number of ketones is 1. The summed E-state index contributed by atoms with van der Waals surface area (Å²) in [5.41, 5.74) is 4.43. The number of aryl methyl sites for hydroxylation is 2. The second-order valence-corrected chi connectivity index (χ2v) is 7.54. The van der Waals surface area contributed by atoms with Gasteiger partial charge in [0.05, 0.1) is 5.75 Å². The van der Waals surface area contributed by atoms with Crippen molar-refractivity contribution in [2.75, 3.05) is 5.75 Å². The minimum absolute atomic E-state index is 0.274. The topological polar surface area (TPSA) is 43.1 Å². The highest BCUT2D eigenvalue weighted by molar-refractivity contribution is 7.99. The van der Waals surface area contributed by atoms with Crippen LogP contribution in [0.5, 0.6) is 0 Å². The normalized spacial score (nSPS) is 11.1. The fourth-order valence-corrected chi connectivity index (χ4v) is 3.75. The summed E-state index contributed by atoms with van der Waals surface area (Å²) in [5.74, 6) is 0.715. The standard InChI is InChI=1S/C22H25NO2S/c1-17-10-6-7-12-18(17)11-4-2-3-5-13-19(24)16-26-22-23-20-14-8-9-15-21(20)25-22/h6-10,12,14-15H,2-5,11,13,16H2,1H3. The van der Waals surface area contributed by atoms with Gasteiger partial charge >= 0.3 is 0 Å². The van der Waals surface area contributed by atoms with E-state index in [1.54, 1.807) is 0 Å². The Morgan fingerprint density at radius 2 is 1.77 bits per heavy atom. The zero-order chi connectivity index (χ0) is 18.2. The Morgan fingerprint density at radius 3 is 2.62 bits per heavy atom. The van der Waals surface area contributed by atoms with Crippen molar-refractivity contribution in [2.45, 2.75) is 50.7 Å². The summed E-state index contributed by atoms with van der Waals surface area (Å²) in [5, 5.41) is 0.581. The van der Waals surface area contributed by atoms with Crippen molar-refractivity contribution in [1.82, 2.24) is 4.98 Å². The monoisotopic (exact) mass is 367 g/mol. The molecule has 0 N–H and O–H groups in total. The number of carbonyl (C=O) groups excluding carboxylic acids is 1. The van der Waals surface area contributed by atoms with Crippen LogP contribution in [0.1, 0.15) is 43.2 Å². The molecule has 3 aromatic rings. The Labute approximate surface area is 159 Å². The van der Waals surface area contributed by atoms with Crippen LogP contribution in [0.3, 0.4) is 0 Å². The van der Waals surface area contributed by atoms with Crippen molar-refractivity contribution in [3.05, 3.63) is 59.7 Å². The molecule has 1 heterocycles. The Bertz CT molecular complexity index is 823. The van der Waals surface area contributed by atoms with Gasteiger partial charge in [-0.3, -0.25) is 4.79 Å². The lowest BCUT2D eigenvalue weighted by Crippen LogP contribution is -2.01. The predicted molar refractivity (Wildman–Crippen MR) is 108 cm³/mol. The maximum absolute atomic E-state index is 12.0. The average Bonchev–Trinajstić information content (AvgIpc) is 3.07. The fraction of sp³-hybridized carbons (Fsp3) is 0.364. The van der Waals surface area contributed by atoms with Gasteiger partial charge in [0.1, 0.15) is 11.3 Å². The number of nitrogens with zero attached hydrogens (tertiary/aromatic N) is 1. The molecule has 0 saturated heterocycles. The van der Waals surface area contributed by atoms with Crippen molar-refractivity contribution in [1.29, 1.82) is 0 Å². The molecule has 0 aliphatic rings. The Morgan fingerprint density at radius 1 is 1.00 bits per heavy atom. The molecule has 1 aromatic heterocycles. The van der Waals surface area contributed by atoms with Crippen LogP contribution in [0.25, 0.3) is 11.1 Å². The van der Waals surface area contributed by atoms with Gasteiger partial charge in [0, 0.05) is 6.42 Å². The number of oxazole rings is 1. The molecule has 0 aliphatic heterocycles. The van der Waals surface area contributed by atoms with Gasteiger partial charge in [-0.2, -0.15) is 0 Å². The second kappa shape index (κ2) is 9.58. The molecule has 136 valence electrons. The maximum Gasteiger partial charge on any atom is 0.257 e. The van der Waals surface area contributed by atoms with E-state index < -0.39 is 0 Å². The molecular formula is C22H25NO2S. The van der Waals surface area contributed by atoms with Crippen molar-refractivity contribution < 1.29 is 9.21 Å². The Balaban J connectivity index is 1.29. The van der Waals surface area contributed by atoms with Gasteiger partial charge in [-0.25, -0.2) is 4.98 Å². The molecule has 0 saturated carbocycles. The largest absolute Gasteiger partial charge is 0.431 e. The molecule has 2 aromatic carbocycles. The Hall–Kier alpha value is -2.07. The third kappa shape index (κ3) is 5.46. The molecule has 0 unspecified atom stereocenters. The van der Waals surface area contributed by atoms with E-state index in [4.69, 9.17) is 4.42 Å². The molecule has 0 bridgehead atoms. The number of aromatic nitrogens is 1. The van der Waals surface area contributed by atoms with E-state index in [0.717, 1.165) is 30.4 Å². The summed E-state index contributed by atoms with van der Waals surface area (Å²) in [6, 6.07) is 16.2. The molecule has 0 radical (unpaired) electrons. The molecule has 0 aliphatic carbocycles. The summed E-state index contributed by atoms with van der Waals surface area (Å²) in [6.07, 6.45) is 6.24. The average molecular weight is 368 g/mol. The van der Waals surface area contributed by atoms with Crippen LogP contribution in [0.2, 0.25) is 0 Å². The summed E-state index contributed by atoms with van der Waals surface area (Å²) in [6.45, 7) is 2.17. The van der Waals surface area contributed by atoms with E-state index in [1.807, 2.05) is 24.3 Å². The molecule has 4 heteroatoms. The van der Waals surface area contributed by atoms with E-state index in [2.05, 4.69) is 36.2 Å². The molecular weight excluding hydrogens is 342 g/mol. The minimum Gasteiger partial charge on any atom is -0.431 e. The number of para-hydroxylation sites is 2. The number of Topliss-reactive ketones (excluding diaryl/α,β-unsaturated/α-hetero) is 1. The zero-order valence-electron chi connectivity index (χ0n) is 15.2. The van der Waals surface area contributed by atoms with Crippen LogP contribution in [0.4, 0.5) is 0 Å². The molecule has 0 amide bonds. The van der Waals surface area contributed by atoms with Gasteiger partial charge in [-0.1, -0.05) is 61.0 Å². The van der Waals surface area contributed by atoms with E-state index in [-0.39, 0.29) is 5.78 Å². The molecule has 26 heavy (non-hydrogen) atoms. The van der Waals surface area contributed by atoms with E-state index >= 15 is 0 Å². The van der Waals surface area contributed by atoms with Gasteiger partial charge in [-0.15, -0.1) is 0 Å². The molecule has 0 atom stereocenters. The lowest BCUT2D eigenvalue weighted by atomic mass is 10.0. The smallest absolute Gasteiger partial charge is 0.257 e. The highest BCUT2D eigenvalue weighted by atomic mass is 32.2. The highest BCUT2D eigenvalue weighted by Crippen LogP contribution is 2.23. The summed E-state index contributed by atoms with van der Waals surface area (Å²) < 4.78 is 5.63. The molecule has 3 rings (SSSR count). The molecule has 0 spiro atoms. The third-order valence-corrected chi connectivity index (χ3v) is 5.43. The van der Waals surface area contributed by atoms with Gasteiger partial charge in [-0.05, 0) is 49.4 Å². The SMILES string of the molecule is Cc1ccccc1CCCCCCC(=O)CSc1nc2ccccc2o1.